The number of aliphatic hydroxyl groups excluding tert-OH is 2. The van der Waals surface area contributed by atoms with Crippen molar-refractivity contribution in [1.82, 2.24) is 4.98 Å². The molecule has 31 heavy (non-hydrogen) atoms. The molecule has 5 rings (SSSR count). The van der Waals surface area contributed by atoms with Crippen LogP contribution in [0.2, 0.25) is 0 Å². The Morgan fingerprint density at radius 3 is 2.71 bits per heavy atom. The third kappa shape index (κ3) is 3.19. The highest BCUT2D eigenvalue weighted by Gasteiger charge is 2.39. The van der Waals surface area contributed by atoms with Crippen LogP contribution in [0.5, 0.6) is 5.75 Å². The highest BCUT2D eigenvalue weighted by molar-refractivity contribution is 7.08. The Morgan fingerprint density at radius 2 is 1.97 bits per heavy atom. The van der Waals surface area contributed by atoms with E-state index in [4.69, 9.17) is 9.84 Å². The summed E-state index contributed by atoms with van der Waals surface area (Å²) in [7, 11) is 0. The average molecular weight is 434 g/mol. The van der Waals surface area contributed by atoms with Crippen LogP contribution in [0.25, 0.3) is 22.0 Å². The zero-order valence-electron chi connectivity index (χ0n) is 17.3. The third-order valence-corrected chi connectivity index (χ3v) is 6.75. The number of fused-ring (bicyclic) bond motifs is 4. The van der Waals surface area contributed by atoms with Gasteiger partial charge in [0.2, 0.25) is 0 Å². The molecule has 0 saturated carbocycles. The van der Waals surface area contributed by atoms with Gasteiger partial charge in [-0.3, -0.25) is 4.79 Å². The molecule has 0 aliphatic heterocycles. The van der Waals surface area contributed by atoms with E-state index < -0.39 is 11.5 Å². The van der Waals surface area contributed by atoms with Crippen LogP contribution in [-0.2, 0) is 5.41 Å². The van der Waals surface area contributed by atoms with Crippen molar-refractivity contribution in [3.63, 3.8) is 0 Å². The topological polar surface area (TPSA) is 82.5 Å². The van der Waals surface area contributed by atoms with Crippen LogP contribution in [0.1, 0.15) is 41.0 Å². The molecule has 0 bridgehead atoms. The largest absolute Gasteiger partial charge is 0.491 e. The van der Waals surface area contributed by atoms with Crippen molar-refractivity contribution >= 4 is 28.0 Å². The number of ether oxygens (including phenoxy) is 1. The molecule has 1 atom stereocenters. The number of H-pyrrole nitrogens is 1. The fourth-order valence-corrected chi connectivity index (χ4v) is 5.02. The summed E-state index contributed by atoms with van der Waals surface area (Å²) in [6, 6.07) is 13.7. The molecule has 2 aromatic carbocycles. The number of hydrogen-bond acceptors (Lipinski definition) is 5. The summed E-state index contributed by atoms with van der Waals surface area (Å²) in [5.74, 6) is 0.562. The number of nitrogens with one attached hydrogen (secondary N) is 1. The van der Waals surface area contributed by atoms with E-state index in [1.165, 1.54) is 5.56 Å². The van der Waals surface area contributed by atoms with Crippen LogP contribution in [-0.4, -0.2) is 40.3 Å². The second kappa shape index (κ2) is 7.34. The summed E-state index contributed by atoms with van der Waals surface area (Å²) in [5.41, 5.74) is 5.97. The second-order valence-corrected chi connectivity index (χ2v) is 9.24. The summed E-state index contributed by atoms with van der Waals surface area (Å²) in [4.78, 5) is 17.0. The van der Waals surface area contributed by atoms with Crippen LogP contribution in [0.4, 0.5) is 0 Å². The number of benzene rings is 2. The predicted octanol–water partition coefficient (Wildman–Crippen LogP) is 4.50. The molecule has 0 saturated heterocycles. The van der Waals surface area contributed by atoms with Crippen LogP contribution in [0.15, 0.2) is 53.2 Å². The van der Waals surface area contributed by atoms with Crippen molar-refractivity contribution in [3.8, 4) is 16.9 Å². The first kappa shape index (κ1) is 20.0. The Morgan fingerprint density at radius 1 is 1.13 bits per heavy atom. The van der Waals surface area contributed by atoms with Gasteiger partial charge >= 0.3 is 0 Å². The molecule has 0 amide bonds. The van der Waals surface area contributed by atoms with Crippen molar-refractivity contribution in [3.05, 3.63) is 75.6 Å². The number of hydrogen-bond donors (Lipinski definition) is 3. The van der Waals surface area contributed by atoms with Crippen molar-refractivity contribution in [1.29, 1.82) is 0 Å². The quantitative estimate of drug-likeness (QED) is 0.433. The van der Waals surface area contributed by atoms with Crippen LogP contribution >= 0.6 is 11.3 Å². The van der Waals surface area contributed by atoms with Gasteiger partial charge in [-0.2, -0.15) is 11.3 Å². The molecular weight excluding hydrogens is 410 g/mol. The van der Waals surface area contributed by atoms with Crippen molar-refractivity contribution in [2.45, 2.75) is 25.4 Å². The number of thiophene rings is 1. The zero-order valence-corrected chi connectivity index (χ0v) is 18.1. The number of aromatic nitrogens is 1. The van der Waals surface area contributed by atoms with E-state index in [0.717, 1.165) is 33.3 Å². The van der Waals surface area contributed by atoms with Gasteiger partial charge in [0, 0.05) is 27.6 Å². The van der Waals surface area contributed by atoms with Gasteiger partial charge in [-0.25, -0.2) is 0 Å². The summed E-state index contributed by atoms with van der Waals surface area (Å²) < 4.78 is 5.63. The van der Waals surface area contributed by atoms with E-state index in [2.05, 4.69) is 47.8 Å². The van der Waals surface area contributed by atoms with Crippen LogP contribution in [0, 0.1) is 0 Å². The lowest BCUT2D eigenvalue weighted by atomic mass is 9.71. The summed E-state index contributed by atoms with van der Waals surface area (Å²) in [6.07, 6.45) is -0.941. The fraction of sp³-hybridized carbons (Fsp3) is 0.240. The Labute approximate surface area is 183 Å². The van der Waals surface area contributed by atoms with Gasteiger partial charge in [0.25, 0.3) is 0 Å². The number of aliphatic hydroxyl groups is 2. The van der Waals surface area contributed by atoms with Gasteiger partial charge in [-0.05, 0) is 57.8 Å². The van der Waals surface area contributed by atoms with Gasteiger partial charge in [0.05, 0.1) is 12.2 Å². The fourth-order valence-electron chi connectivity index (χ4n) is 4.35. The summed E-state index contributed by atoms with van der Waals surface area (Å²) >= 11 is 1.66. The van der Waals surface area contributed by atoms with E-state index >= 15 is 0 Å². The van der Waals surface area contributed by atoms with Crippen LogP contribution < -0.4 is 4.74 Å². The minimum absolute atomic E-state index is 0.000742. The minimum atomic E-state index is -0.941. The first-order valence-electron chi connectivity index (χ1n) is 10.2. The molecular formula is C25H23NO4S. The molecule has 4 aromatic rings. The molecule has 0 radical (unpaired) electrons. The molecule has 2 aromatic heterocycles. The first-order valence-corrected chi connectivity index (χ1v) is 11.1. The predicted molar refractivity (Wildman–Crippen MR) is 122 cm³/mol. The Hall–Kier alpha value is -2.93. The highest BCUT2D eigenvalue weighted by atomic mass is 32.1. The molecule has 0 unspecified atom stereocenters. The molecule has 6 heteroatoms. The maximum Gasteiger partial charge on any atom is 0.195 e. The molecule has 5 nitrogen and oxygen atoms in total. The lowest BCUT2D eigenvalue weighted by Gasteiger charge is -2.32. The molecule has 0 spiro atoms. The standard InChI is InChI=1S/C25H23NO4S/c1-25(2)20-10-17(30-12-16(28)11-27)4-6-18(20)23(29)22-19-5-3-14(15-7-8-31-13-15)9-21(19)26-24(22)25/h3-10,13,16,26-28H,11-12H2,1-2H3/t16-/m0/s1. The minimum Gasteiger partial charge on any atom is -0.491 e. The normalized spacial score (nSPS) is 15.5. The van der Waals surface area contributed by atoms with E-state index in [1.54, 1.807) is 23.5 Å². The first-order chi connectivity index (χ1) is 14.9. The SMILES string of the molecule is CC1(C)c2cc(OC[C@@H](O)CO)ccc2C(=O)c2c1[nH]c1cc(-c3ccsc3)ccc21. The zero-order chi connectivity index (χ0) is 21.8. The highest BCUT2D eigenvalue weighted by Crippen LogP contribution is 2.45. The molecule has 158 valence electrons. The Balaban J connectivity index is 1.60. The van der Waals surface area contributed by atoms with Gasteiger partial charge in [-0.15, -0.1) is 0 Å². The van der Waals surface area contributed by atoms with E-state index in [-0.39, 0.29) is 19.0 Å². The molecule has 1 aliphatic carbocycles. The molecule has 0 fully saturated rings. The lowest BCUT2D eigenvalue weighted by molar-refractivity contribution is 0.0535. The number of ketones is 1. The number of rotatable bonds is 5. The Bertz CT molecular complexity index is 1290. The summed E-state index contributed by atoms with van der Waals surface area (Å²) in [5, 5.41) is 23.7. The number of carbonyl (C=O) groups excluding carboxylic acids is 1. The Kier molecular flexibility index (Phi) is 4.73. The van der Waals surface area contributed by atoms with E-state index in [9.17, 15) is 9.90 Å². The van der Waals surface area contributed by atoms with Gasteiger partial charge in [-0.1, -0.05) is 26.0 Å². The average Bonchev–Trinajstić information content (AvgIpc) is 3.44. The van der Waals surface area contributed by atoms with E-state index in [1.807, 2.05) is 12.1 Å². The third-order valence-electron chi connectivity index (χ3n) is 6.07. The molecule has 1 aliphatic rings. The van der Waals surface area contributed by atoms with Crippen molar-refractivity contribution in [2.24, 2.45) is 0 Å². The van der Waals surface area contributed by atoms with E-state index in [0.29, 0.717) is 11.3 Å². The monoisotopic (exact) mass is 433 g/mol. The molecule has 2 heterocycles. The van der Waals surface area contributed by atoms with Crippen molar-refractivity contribution < 1.29 is 19.7 Å². The second-order valence-electron chi connectivity index (χ2n) is 8.46. The number of aromatic amines is 1. The molecule has 3 N–H and O–H groups in total. The number of carbonyl (C=O) groups is 1. The maximum atomic E-state index is 13.5. The lowest BCUT2D eigenvalue weighted by Crippen LogP contribution is -2.30. The van der Waals surface area contributed by atoms with Crippen LogP contribution in [0.3, 0.4) is 0 Å². The van der Waals surface area contributed by atoms with Gasteiger partial charge in [0.15, 0.2) is 5.78 Å². The van der Waals surface area contributed by atoms with Crippen molar-refractivity contribution in [2.75, 3.05) is 13.2 Å². The maximum absolute atomic E-state index is 13.5. The van der Waals surface area contributed by atoms with Gasteiger partial charge < -0.3 is 19.9 Å². The summed E-state index contributed by atoms with van der Waals surface area (Å²) in [6.45, 7) is 3.82. The smallest absolute Gasteiger partial charge is 0.195 e. The van der Waals surface area contributed by atoms with Gasteiger partial charge in [0.1, 0.15) is 18.5 Å².